The number of hydrogen-bond donors (Lipinski definition) is 0. The first-order valence-electron chi connectivity index (χ1n) is 9.58. The molecule has 1 aromatic heterocycles. The van der Waals surface area contributed by atoms with E-state index in [1.54, 1.807) is 0 Å². The number of halogens is 1. The Morgan fingerprint density at radius 2 is 1.56 bits per heavy atom. The zero-order chi connectivity index (χ0) is 18.6. The second-order valence-electron chi connectivity index (χ2n) is 7.05. The first-order valence-corrected chi connectivity index (χ1v) is 10.4. The third-order valence-electron chi connectivity index (χ3n) is 5.25. The minimum Gasteiger partial charge on any atom is -0.353 e. The molecule has 0 bridgehead atoms. The molecule has 142 valence electrons. The summed E-state index contributed by atoms with van der Waals surface area (Å²) in [5.74, 6) is 1.89. The van der Waals surface area contributed by atoms with Gasteiger partial charge < -0.3 is 14.7 Å². The number of benzene rings is 1. The fourth-order valence-corrected chi connectivity index (χ4v) is 3.94. The van der Waals surface area contributed by atoms with Crippen LogP contribution in [0, 0.1) is 0 Å². The van der Waals surface area contributed by atoms with E-state index in [1.165, 1.54) is 19.3 Å². The predicted molar refractivity (Wildman–Crippen MR) is 110 cm³/mol. The van der Waals surface area contributed by atoms with E-state index in [9.17, 15) is 4.79 Å². The highest BCUT2D eigenvalue weighted by Gasteiger charge is 2.23. The largest absolute Gasteiger partial charge is 0.353 e. The first kappa shape index (κ1) is 18.2. The highest BCUT2D eigenvalue weighted by Crippen LogP contribution is 2.20. The van der Waals surface area contributed by atoms with Crippen LogP contribution in [0.3, 0.4) is 0 Å². The summed E-state index contributed by atoms with van der Waals surface area (Å²) < 4.78 is 0.983. The van der Waals surface area contributed by atoms with Crippen molar-refractivity contribution < 1.29 is 4.79 Å². The molecule has 27 heavy (non-hydrogen) atoms. The number of piperidine rings is 1. The molecule has 0 radical (unpaired) electrons. The highest BCUT2D eigenvalue weighted by molar-refractivity contribution is 9.10. The number of carbonyl (C=O) groups excluding carboxylic acids is 1. The van der Waals surface area contributed by atoms with Crippen LogP contribution in [-0.2, 0) is 0 Å². The third-order valence-corrected chi connectivity index (χ3v) is 5.78. The Morgan fingerprint density at radius 3 is 2.26 bits per heavy atom. The van der Waals surface area contributed by atoms with Crippen LogP contribution >= 0.6 is 15.9 Å². The van der Waals surface area contributed by atoms with Crippen molar-refractivity contribution in [2.45, 2.75) is 19.3 Å². The van der Waals surface area contributed by atoms with Crippen LogP contribution < -0.4 is 9.80 Å². The zero-order valence-corrected chi connectivity index (χ0v) is 16.9. The zero-order valence-electron chi connectivity index (χ0n) is 15.4. The normalized spacial score (nSPS) is 17.9. The quantitative estimate of drug-likeness (QED) is 0.749. The summed E-state index contributed by atoms with van der Waals surface area (Å²) in [6, 6.07) is 9.53. The van der Waals surface area contributed by atoms with Gasteiger partial charge >= 0.3 is 0 Å². The number of rotatable bonds is 3. The average Bonchev–Trinajstić information content (AvgIpc) is 2.75. The van der Waals surface area contributed by atoms with Gasteiger partial charge in [-0.25, -0.2) is 4.98 Å². The summed E-state index contributed by atoms with van der Waals surface area (Å²) in [6.45, 7) is 5.07. The Hall–Kier alpha value is -2.15. The van der Waals surface area contributed by atoms with Crippen molar-refractivity contribution in [1.29, 1.82) is 0 Å². The molecular weight excluding hydrogens is 406 g/mol. The van der Waals surface area contributed by atoms with Crippen molar-refractivity contribution >= 4 is 33.6 Å². The number of amides is 1. The molecular formula is C20H24BrN5O. The molecule has 2 aliphatic rings. The fraction of sp³-hybridized carbons (Fsp3) is 0.450. The predicted octanol–water partition coefficient (Wildman–Crippen LogP) is 3.19. The summed E-state index contributed by atoms with van der Waals surface area (Å²) in [5.41, 5.74) is 0.737. The van der Waals surface area contributed by atoms with E-state index in [4.69, 9.17) is 4.98 Å². The van der Waals surface area contributed by atoms with Crippen molar-refractivity contribution in [2.24, 2.45) is 0 Å². The molecule has 0 N–H and O–H groups in total. The lowest BCUT2D eigenvalue weighted by Gasteiger charge is -2.36. The Labute approximate surface area is 168 Å². The standard InChI is InChI=1S/C20H24BrN5O/c21-17-6-4-16(5-7-17)19(27)25-14-12-24(13-15-25)18-8-9-22-20(23-18)26-10-2-1-3-11-26/h4-9H,1-3,10-15H2. The minimum atomic E-state index is 0.0962. The second-order valence-corrected chi connectivity index (χ2v) is 7.96. The van der Waals surface area contributed by atoms with E-state index >= 15 is 0 Å². The second kappa shape index (κ2) is 8.25. The van der Waals surface area contributed by atoms with Gasteiger partial charge in [0.25, 0.3) is 5.91 Å². The molecule has 7 heteroatoms. The number of carbonyl (C=O) groups is 1. The van der Waals surface area contributed by atoms with Gasteiger partial charge in [0.05, 0.1) is 0 Å². The van der Waals surface area contributed by atoms with E-state index in [0.717, 1.165) is 48.0 Å². The number of piperazine rings is 1. The van der Waals surface area contributed by atoms with Gasteiger partial charge in [0.15, 0.2) is 0 Å². The minimum absolute atomic E-state index is 0.0962. The topological polar surface area (TPSA) is 52.6 Å². The van der Waals surface area contributed by atoms with Gasteiger partial charge in [0.2, 0.25) is 5.95 Å². The molecule has 2 saturated heterocycles. The van der Waals surface area contributed by atoms with E-state index in [2.05, 4.69) is 30.7 Å². The molecule has 0 aliphatic carbocycles. The number of anilines is 2. The molecule has 2 aromatic rings. The van der Waals surface area contributed by atoms with Crippen LogP contribution in [-0.4, -0.2) is 60.0 Å². The maximum Gasteiger partial charge on any atom is 0.253 e. The van der Waals surface area contributed by atoms with Gasteiger partial charge in [-0.2, -0.15) is 4.98 Å². The molecule has 3 heterocycles. The molecule has 1 aromatic carbocycles. The van der Waals surface area contributed by atoms with Crippen LogP contribution in [0.1, 0.15) is 29.6 Å². The van der Waals surface area contributed by atoms with Gasteiger partial charge in [-0.1, -0.05) is 15.9 Å². The lowest BCUT2D eigenvalue weighted by Crippen LogP contribution is -2.49. The molecule has 2 fully saturated rings. The summed E-state index contributed by atoms with van der Waals surface area (Å²) in [7, 11) is 0. The van der Waals surface area contributed by atoms with E-state index < -0.39 is 0 Å². The van der Waals surface area contributed by atoms with Crippen molar-refractivity contribution in [3.05, 3.63) is 46.6 Å². The summed E-state index contributed by atoms with van der Waals surface area (Å²) in [4.78, 5) is 28.4. The molecule has 0 saturated carbocycles. The first-order chi connectivity index (χ1) is 13.2. The van der Waals surface area contributed by atoms with E-state index in [1.807, 2.05) is 41.4 Å². The molecule has 1 amide bonds. The third kappa shape index (κ3) is 4.24. The Balaban J connectivity index is 1.39. The Kier molecular flexibility index (Phi) is 5.57. The monoisotopic (exact) mass is 429 g/mol. The Bertz CT molecular complexity index is 783. The Morgan fingerprint density at radius 1 is 0.852 bits per heavy atom. The summed E-state index contributed by atoms with van der Waals surface area (Å²) in [6.07, 6.45) is 5.57. The molecule has 0 atom stereocenters. The molecule has 2 aliphatic heterocycles. The van der Waals surface area contributed by atoms with Crippen LogP contribution in [0.5, 0.6) is 0 Å². The van der Waals surface area contributed by atoms with Gasteiger partial charge in [-0.3, -0.25) is 4.79 Å². The average molecular weight is 430 g/mol. The maximum absolute atomic E-state index is 12.7. The smallest absolute Gasteiger partial charge is 0.253 e. The van der Waals surface area contributed by atoms with Gasteiger partial charge in [-0.05, 0) is 49.6 Å². The molecule has 0 spiro atoms. The summed E-state index contributed by atoms with van der Waals surface area (Å²) in [5, 5.41) is 0. The molecule has 0 unspecified atom stereocenters. The van der Waals surface area contributed by atoms with Crippen LogP contribution in [0.4, 0.5) is 11.8 Å². The lowest BCUT2D eigenvalue weighted by molar-refractivity contribution is 0.0746. The van der Waals surface area contributed by atoms with Gasteiger partial charge in [0.1, 0.15) is 5.82 Å². The SMILES string of the molecule is O=C(c1ccc(Br)cc1)N1CCN(c2ccnc(N3CCCCC3)n2)CC1. The highest BCUT2D eigenvalue weighted by atomic mass is 79.9. The lowest BCUT2D eigenvalue weighted by atomic mass is 10.1. The van der Waals surface area contributed by atoms with Gasteiger partial charge in [0, 0.05) is 55.5 Å². The van der Waals surface area contributed by atoms with Crippen molar-refractivity contribution in [1.82, 2.24) is 14.9 Å². The van der Waals surface area contributed by atoms with Crippen LogP contribution in [0.2, 0.25) is 0 Å². The number of hydrogen-bond acceptors (Lipinski definition) is 5. The van der Waals surface area contributed by atoms with Crippen molar-refractivity contribution in [3.8, 4) is 0 Å². The molecule has 6 nitrogen and oxygen atoms in total. The number of nitrogens with zero attached hydrogens (tertiary/aromatic N) is 5. The number of aromatic nitrogens is 2. The van der Waals surface area contributed by atoms with Crippen LogP contribution in [0.25, 0.3) is 0 Å². The van der Waals surface area contributed by atoms with E-state index in [-0.39, 0.29) is 5.91 Å². The fourth-order valence-electron chi connectivity index (χ4n) is 3.68. The molecule has 4 rings (SSSR count). The van der Waals surface area contributed by atoms with Crippen LogP contribution in [0.15, 0.2) is 41.0 Å². The van der Waals surface area contributed by atoms with Crippen molar-refractivity contribution in [3.63, 3.8) is 0 Å². The maximum atomic E-state index is 12.7. The van der Waals surface area contributed by atoms with E-state index in [0.29, 0.717) is 13.1 Å². The summed E-state index contributed by atoms with van der Waals surface area (Å²) >= 11 is 3.41. The van der Waals surface area contributed by atoms with Gasteiger partial charge in [-0.15, -0.1) is 0 Å². The van der Waals surface area contributed by atoms with Crippen molar-refractivity contribution in [2.75, 3.05) is 49.1 Å².